The van der Waals surface area contributed by atoms with Crippen LogP contribution in [0, 0.1) is 0 Å². The topological polar surface area (TPSA) is 29.1 Å². The minimum Gasteiger partial charge on any atom is -0.353 e. The third-order valence-corrected chi connectivity index (χ3v) is 2.43. The van der Waals surface area contributed by atoms with E-state index in [1.54, 1.807) is 0 Å². The van der Waals surface area contributed by atoms with Crippen LogP contribution >= 0.6 is 11.6 Å². The van der Waals surface area contributed by atoms with E-state index >= 15 is 0 Å². The predicted molar refractivity (Wildman–Crippen MR) is 64.2 cm³/mol. The van der Waals surface area contributed by atoms with Crippen molar-refractivity contribution in [1.29, 1.82) is 0 Å². The van der Waals surface area contributed by atoms with Gasteiger partial charge in [-0.2, -0.15) is 13.2 Å². The summed E-state index contributed by atoms with van der Waals surface area (Å²) in [5.74, 6) is -0.213. The van der Waals surface area contributed by atoms with Crippen LogP contribution in [0.25, 0.3) is 6.08 Å². The first-order chi connectivity index (χ1) is 8.30. The van der Waals surface area contributed by atoms with Gasteiger partial charge in [-0.15, -0.1) is 0 Å². The monoisotopic (exact) mass is 277 g/mol. The average Bonchev–Trinajstić information content (AvgIpc) is 2.24. The van der Waals surface area contributed by atoms with Crippen molar-refractivity contribution < 1.29 is 18.0 Å². The predicted octanol–water partition coefficient (Wildman–Crippen LogP) is 3.51. The Labute approximate surface area is 107 Å². The summed E-state index contributed by atoms with van der Waals surface area (Å²) < 4.78 is 37.4. The van der Waals surface area contributed by atoms with Crippen molar-refractivity contribution >= 4 is 23.6 Å². The van der Waals surface area contributed by atoms with E-state index in [9.17, 15) is 18.0 Å². The van der Waals surface area contributed by atoms with Gasteiger partial charge in [0, 0.05) is 18.5 Å². The second kappa shape index (κ2) is 5.91. The van der Waals surface area contributed by atoms with Gasteiger partial charge >= 0.3 is 6.18 Å². The highest BCUT2D eigenvalue weighted by Crippen LogP contribution is 2.32. The Hall–Kier alpha value is -1.49. The average molecular weight is 278 g/mol. The lowest BCUT2D eigenvalue weighted by molar-refractivity contribution is -0.137. The Morgan fingerprint density at radius 3 is 2.67 bits per heavy atom. The van der Waals surface area contributed by atoms with Gasteiger partial charge < -0.3 is 5.32 Å². The fraction of sp³-hybridized carbons (Fsp3) is 0.250. The number of hydrogen-bond donors (Lipinski definition) is 1. The second-order valence-electron chi connectivity index (χ2n) is 3.57. The maximum absolute atomic E-state index is 12.5. The number of alkyl halides is 3. The van der Waals surface area contributed by atoms with Crippen molar-refractivity contribution in [3.8, 4) is 0 Å². The van der Waals surface area contributed by atoms with Gasteiger partial charge in [-0.3, -0.25) is 4.79 Å². The first kappa shape index (κ1) is 14.6. The molecule has 0 bridgehead atoms. The van der Waals surface area contributed by atoms with Gasteiger partial charge in [0.2, 0.25) is 5.91 Å². The Morgan fingerprint density at radius 1 is 1.44 bits per heavy atom. The van der Waals surface area contributed by atoms with Crippen LogP contribution in [-0.4, -0.2) is 12.5 Å². The molecule has 18 heavy (non-hydrogen) atoms. The molecule has 1 amide bonds. The third kappa shape index (κ3) is 4.41. The second-order valence-corrected chi connectivity index (χ2v) is 3.98. The molecular weight excluding hydrogens is 267 g/mol. The number of nitrogens with one attached hydrogen (secondary N) is 1. The van der Waals surface area contributed by atoms with Gasteiger partial charge in [-0.05, 0) is 23.8 Å². The minimum absolute atomic E-state index is 0.213. The Balaban J connectivity index is 2.85. The van der Waals surface area contributed by atoms with Gasteiger partial charge in [-0.25, -0.2) is 0 Å². The fourth-order valence-electron chi connectivity index (χ4n) is 1.24. The molecule has 1 aromatic rings. The summed E-state index contributed by atoms with van der Waals surface area (Å²) in [5.41, 5.74) is -0.497. The van der Waals surface area contributed by atoms with Crippen LogP contribution in [0.15, 0.2) is 24.3 Å². The van der Waals surface area contributed by atoms with Crippen LogP contribution in [0.1, 0.15) is 18.1 Å². The van der Waals surface area contributed by atoms with Crippen LogP contribution < -0.4 is 5.32 Å². The normalized spacial score (nSPS) is 11.8. The summed E-state index contributed by atoms with van der Waals surface area (Å²) in [6.07, 6.45) is -1.43. The summed E-state index contributed by atoms with van der Waals surface area (Å²) in [6.45, 7) is 1.59. The molecule has 0 aliphatic rings. The molecule has 0 aliphatic carbocycles. The number of halogens is 4. The van der Waals surface area contributed by atoms with Crippen molar-refractivity contribution in [2.75, 3.05) is 6.54 Å². The van der Waals surface area contributed by atoms with Gasteiger partial charge in [-0.1, -0.05) is 23.8 Å². The van der Waals surface area contributed by atoms with Gasteiger partial charge in [0.1, 0.15) is 0 Å². The zero-order valence-corrected chi connectivity index (χ0v) is 10.3. The van der Waals surface area contributed by atoms with Gasteiger partial charge in [0.05, 0.1) is 5.56 Å². The molecule has 0 atom stereocenters. The van der Waals surface area contributed by atoms with Gasteiger partial charge in [0.15, 0.2) is 0 Å². The third-order valence-electron chi connectivity index (χ3n) is 2.09. The number of amides is 1. The number of rotatable bonds is 3. The molecule has 0 aliphatic heterocycles. The summed E-state index contributed by atoms with van der Waals surface area (Å²) in [5, 5.41) is 2.71. The SMILES string of the molecule is CC(=O)NCC=Cc1cc(C(F)(F)F)ccc1Cl. The highest BCUT2D eigenvalue weighted by molar-refractivity contribution is 6.32. The van der Waals surface area contributed by atoms with E-state index < -0.39 is 11.7 Å². The Bertz CT molecular complexity index is 469. The molecule has 1 aromatic carbocycles. The molecule has 1 N–H and O–H groups in total. The zero-order chi connectivity index (χ0) is 13.8. The van der Waals surface area contributed by atoms with Crippen molar-refractivity contribution in [1.82, 2.24) is 5.32 Å². The van der Waals surface area contributed by atoms with E-state index in [0.717, 1.165) is 12.1 Å². The van der Waals surface area contributed by atoms with E-state index in [0.29, 0.717) is 0 Å². The maximum atomic E-state index is 12.5. The van der Waals surface area contributed by atoms with Crippen LogP contribution in [0.2, 0.25) is 5.02 Å². The van der Waals surface area contributed by atoms with E-state index in [4.69, 9.17) is 11.6 Å². The first-order valence-corrected chi connectivity index (χ1v) is 5.46. The summed E-state index contributed by atoms with van der Waals surface area (Å²) in [4.78, 5) is 10.6. The van der Waals surface area contributed by atoms with Crippen LogP contribution in [0.3, 0.4) is 0 Å². The number of carbonyl (C=O) groups is 1. The molecule has 0 radical (unpaired) electrons. The molecule has 0 aromatic heterocycles. The van der Waals surface area contributed by atoms with E-state index in [2.05, 4.69) is 5.32 Å². The highest BCUT2D eigenvalue weighted by atomic mass is 35.5. The quantitative estimate of drug-likeness (QED) is 0.900. The van der Waals surface area contributed by atoms with Crippen LogP contribution in [-0.2, 0) is 11.0 Å². The molecule has 0 saturated heterocycles. The lowest BCUT2D eigenvalue weighted by Gasteiger charge is -2.08. The summed E-state index contributed by atoms with van der Waals surface area (Å²) in [7, 11) is 0. The molecule has 1 rings (SSSR count). The molecular formula is C12H11ClF3NO. The van der Waals surface area contributed by atoms with Crippen molar-refractivity contribution in [3.63, 3.8) is 0 Å². The van der Waals surface area contributed by atoms with Crippen molar-refractivity contribution in [3.05, 3.63) is 40.4 Å². The number of carbonyl (C=O) groups excluding carboxylic acids is 1. The van der Waals surface area contributed by atoms with Crippen molar-refractivity contribution in [2.45, 2.75) is 13.1 Å². The van der Waals surface area contributed by atoms with Gasteiger partial charge in [0.25, 0.3) is 0 Å². The van der Waals surface area contributed by atoms with E-state index in [1.807, 2.05) is 0 Å². The fourth-order valence-corrected chi connectivity index (χ4v) is 1.42. The lowest BCUT2D eigenvalue weighted by atomic mass is 10.1. The number of hydrogen-bond acceptors (Lipinski definition) is 1. The first-order valence-electron chi connectivity index (χ1n) is 5.08. The maximum Gasteiger partial charge on any atom is 0.416 e. The Morgan fingerprint density at radius 2 is 2.11 bits per heavy atom. The molecule has 0 spiro atoms. The molecule has 0 heterocycles. The summed E-state index contributed by atoms with van der Waals surface area (Å²) >= 11 is 5.78. The molecule has 0 fully saturated rings. The minimum atomic E-state index is -4.40. The van der Waals surface area contributed by atoms with E-state index in [1.165, 1.54) is 25.1 Å². The molecule has 6 heteroatoms. The standard InChI is InChI=1S/C12H11ClF3NO/c1-8(18)17-6-2-3-9-7-10(12(14,15)16)4-5-11(9)13/h2-5,7H,6H2,1H3,(H,17,18). The smallest absolute Gasteiger partial charge is 0.353 e. The molecule has 0 unspecified atom stereocenters. The lowest BCUT2D eigenvalue weighted by Crippen LogP contribution is -2.19. The Kier molecular flexibility index (Phi) is 4.78. The van der Waals surface area contributed by atoms with Crippen LogP contribution in [0.4, 0.5) is 13.2 Å². The molecule has 98 valence electrons. The van der Waals surface area contributed by atoms with Crippen molar-refractivity contribution in [2.24, 2.45) is 0 Å². The largest absolute Gasteiger partial charge is 0.416 e. The highest BCUT2D eigenvalue weighted by Gasteiger charge is 2.30. The zero-order valence-electron chi connectivity index (χ0n) is 9.51. The van der Waals surface area contributed by atoms with E-state index in [-0.39, 0.29) is 23.0 Å². The number of benzene rings is 1. The van der Waals surface area contributed by atoms with Crippen LogP contribution in [0.5, 0.6) is 0 Å². The molecule has 0 saturated carbocycles. The molecule has 2 nitrogen and oxygen atoms in total. The summed E-state index contributed by atoms with van der Waals surface area (Å²) in [6, 6.07) is 3.09.